The average molecular weight is 232 g/mol. The van der Waals surface area contributed by atoms with Gasteiger partial charge in [-0.15, -0.1) is 3.89 Å². The van der Waals surface area contributed by atoms with Gasteiger partial charge in [-0.25, -0.2) is 0 Å². The van der Waals surface area contributed by atoms with Crippen molar-refractivity contribution in [3.8, 4) is 5.75 Å². The molecule has 0 radical (unpaired) electrons. The van der Waals surface area contributed by atoms with Gasteiger partial charge in [0.1, 0.15) is 5.75 Å². The van der Waals surface area contributed by atoms with Crippen LogP contribution in [0.3, 0.4) is 0 Å². The van der Waals surface area contributed by atoms with Gasteiger partial charge in [-0.05, 0) is 44.5 Å². The maximum Gasteiger partial charge on any atom is 0.332 e. The lowest BCUT2D eigenvalue weighted by Gasteiger charge is -2.12. The molecular weight excluding hydrogens is 219 g/mol. The quantitative estimate of drug-likeness (QED) is 0.752. The Morgan fingerprint density at radius 2 is 1.93 bits per heavy atom. The molecule has 0 aliphatic heterocycles. The summed E-state index contributed by atoms with van der Waals surface area (Å²) in [5.74, 6) is 0.567. The second-order valence-corrected chi connectivity index (χ2v) is 4.88. The van der Waals surface area contributed by atoms with E-state index in [-0.39, 0.29) is 11.0 Å². The SMILES string of the molecule is Cc1cc(S(=O)(=O)F)ccc1OC(C)C. The van der Waals surface area contributed by atoms with Gasteiger partial charge in [0.25, 0.3) is 0 Å². The Balaban J connectivity index is 3.09. The van der Waals surface area contributed by atoms with Crippen molar-refractivity contribution in [2.75, 3.05) is 0 Å². The van der Waals surface area contributed by atoms with Crippen molar-refractivity contribution in [3.63, 3.8) is 0 Å². The summed E-state index contributed by atoms with van der Waals surface area (Å²) in [6, 6.07) is 3.91. The summed E-state index contributed by atoms with van der Waals surface area (Å²) >= 11 is 0. The fourth-order valence-corrected chi connectivity index (χ4v) is 1.71. The Morgan fingerprint density at radius 1 is 1.33 bits per heavy atom. The first-order valence-electron chi connectivity index (χ1n) is 4.52. The average Bonchev–Trinajstić information content (AvgIpc) is 2.05. The topological polar surface area (TPSA) is 43.4 Å². The zero-order valence-electron chi connectivity index (χ0n) is 8.82. The lowest BCUT2D eigenvalue weighted by molar-refractivity contribution is 0.240. The van der Waals surface area contributed by atoms with Crippen molar-refractivity contribution >= 4 is 10.2 Å². The predicted octanol–water partition coefficient (Wildman–Crippen LogP) is 2.44. The molecule has 84 valence electrons. The first-order valence-corrected chi connectivity index (χ1v) is 5.91. The van der Waals surface area contributed by atoms with Crippen LogP contribution >= 0.6 is 0 Å². The van der Waals surface area contributed by atoms with Crippen LogP contribution in [-0.2, 0) is 10.2 Å². The van der Waals surface area contributed by atoms with Crippen molar-refractivity contribution in [1.82, 2.24) is 0 Å². The second-order valence-electron chi connectivity index (χ2n) is 3.53. The number of hydrogen-bond acceptors (Lipinski definition) is 3. The highest BCUT2D eigenvalue weighted by Gasteiger charge is 2.13. The molecule has 0 aromatic heterocycles. The van der Waals surface area contributed by atoms with Crippen molar-refractivity contribution in [2.45, 2.75) is 31.8 Å². The van der Waals surface area contributed by atoms with Gasteiger partial charge in [-0.1, -0.05) is 0 Å². The van der Waals surface area contributed by atoms with E-state index < -0.39 is 10.2 Å². The first-order chi connectivity index (χ1) is 6.80. The van der Waals surface area contributed by atoms with Crippen LogP contribution in [0.4, 0.5) is 3.89 Å². The highest BCUT2D eigenvalue weighted by Crippen LogP contribution is 2.23. The summed E-state index contributed by atoms with van der Waals surface area (Å²) in [6.45, 7) is 5.39. The van der Waals surface area contributed by atoms with Crippen LogP contribution < -0.4 is 4.74 Å². The summed E-state index contributed by atoms with van der Waals surface area (Å²) in [5.41, 5.74) is 0.599. The van der Waals surface area contributed by atoms with Gasteiger partial charge < -0.3 is 4.74 Å². The van der Waals surface area contributed by atoms with Gasteiger partial charge in [0.05, 0.1) is 11.0 Å². The lowest BCUT2D eigenvalue weighted by atomic mass is 10.2. The van der Waals surface area contributed by atoms with Crippen LogP contribution in [0, 0.1) is 6.92 Å². The molecule has 0 heterocycles. The van der Waals surface area contributed by atoms with Crippen molar-refractivity contribution in [2.24, 2.45) is 0 Å². The van der Waals surface area contributed by atoms with Crippen LogP contribution in [0.5, 0.6) is 5.75 Å². The molecule has 5 heteroatoms. The molecule has 0 amide bonds. The molecule has 1 aromatic rings. The number of aryl methyl sites for hydroxylation is 1. The van der Waals surface area contributed by atoms with Crippen molar-refractivity contribution < 1.29 is 17.0 Å². The van der Waals surface area contributed by atoms with E-state index in [1.54, 1.807) is 6.92 Å². The van der Waals surface area contributed by atoms with E-state index in [4.69, 9.17) is 4.74 Å². The first kappa shape index (κ1) is 12.0. The zero-order chi connectivity index (χ0) is 11.6. The van der Waals surface area contributed by atoms with Gasteiger partial charge >= 0.3 is 10.2 Å². The molecule has 0 fully saturated rings. The third kappa shape index (κ3) is 3.20. The normalized spacial score (nSPS) is 11.8. The standard InChI is InChI=1S/C10H13FO3S/c1-7(2)14-10-5-4-9(6-8(10)3)15(11,12)13/h4-7H,1-3H3. The molecule has 0 saturated carbocycles. The van der Waals surface area contributed by atoms with Crippen LogP contribution in [0.15, 0.2) is 23.1 Å². The van der Waals surface area contributed by atoms with Gasteiger partial charge in [0, 0.05) is 0 Å². The van der Waals surface area contributed by atoms with E-state index in [1.165, 1.54) is 18.2 Å². The van der Waals surface area contributed by atoms with Crippen molar-refractivity contribution in [3.05, 3.63) is 23.8 Å². The fraction of sp³-hybridized carbons (Fsp3) is 0.400. The molecule has 0 aliphatic carbocycles. The molecule has 15 heavy (non-hydrogen) atoms. The summed E-state index contributed by atoms with van der Waals surface area (Å²) in [4.78, 5) is -0.337. The molecule has 0 atom stereocenters. The smallest absolute Gasteiger partial charge is 0.332 e. The minimum Gasteiger partial charge on any atom is -0.491 e. The Morgan fingerprint density at radius 3 is 2.33 bits per heavy atom. The molecule has 0 spiro atoms. The van der Waals surface area contributed by atoms with Crippen molar-refractivity contribution in [1.29, 1.82) is 0 Å². The van der Waals surface area contributed by atoms with Crippen LogP contribution in [0.25, 0.3) is 0 Å². The predicted molar refractivity (Wildman–Crippen MR) is 55.2 cm³/mol. The third-order valence-corrected chi connectivity index (χ3v) is 2.61. The number of benzene rings is 1. The summed E-state index contributed by atoms with van der Waals surface area (Å²) in [5, 5.41) is 0. The fourth-order valence-electron chi connectivity index (χ4n) is 1.16. The molecule has 1 aromatic carbocycles. The van der Waals surface area contributed by atoms with Gasteiger partial charge in [0.15, 0.2) is 0 Å². The molecule has 0 N–H and O–H groups in total. The highest BCUT2D eigenvalue weighted by atomic mass is 32.3. The Bertz CT molecular complexity index is 452. The Kier molecular flexibility index (Phi) is 3.34. The minimum absolute atomic E-state index is 0.00321. The minimum atomic E-state index is -4.63. The third-order valence-electron chi connectivity index (χ3n) is 1.79. The number of halogens is 1. The monoisotopic (exact) mass is 232 g/mol. The maximum atomic E-state index is 12.6. The molecule has 0 aliphatic rings. The maximum absolute atomic E-state index is 12.6. The van der Waals surface area contributed by atoms with E-state index in [1.807, 2.05) is 13.8 Å². The largest absolute Gasteiger partial charge is 0.491 e. The van der Waals surface area contributed by atoms with Crippen LogP contribution in [0.2, 0.25) is 0 Å². The zero-order valence-corrected chi connectivity index (χ0v) is 9.64. The second kappa shape index (κ2) is 4.18. The summed E-state index contributed by atoms with van der Waals surface area (Å²) < 4.78 is 39.2. The van der Waals surface area contributed by atoms with Gasteiger partial charge in [-0.2, -0.15) is 8.42 Å². The molecule has 0 bridgehead atoms. The van der Waals surface area contributed by atoms with Gasteiger partial charge in [0.2, 0.25) is 0 Å². The van der Waals surface area contributed by atoms with Gasteiger partial charge in [-0.3, -0.25) is 0 Å². The number of ether oxygens (including phenoxy) is 1. The van der Waals surface area contributed by atoms with E-state index in [2.05, 4.69) is 0 Å². The molecule has 1 rings (SSSR count). The lowest BCUT2D eigenvalue weighted by Crippen LogP contribution is -2.07. The van der Waals surface area contributed by atoms with E-state index >= 15 is 0 Å². The summed E-state index contributed by atoms with van der Waals surface area (Å²) in [7, 11) is -4.63. The number of hydrogen-bond donors (Lipinski definition) is 0. The number of rotatable bonds is 3. The summed E-state index contributed by atoms with van der Waals surface area (Å²) in [6.07, 6.45) is -0.00321. The molecule has 3 nitrogen and oxygen atoms in total. The Labute approximate surface area is 89.1 Å². The Hall–Kier alpha value is -1.10. The van der Waals surface area contributed by atoms with E-state index in [9.17, 15) is 12.3 Å². The van der Waals surface area contributed by atoms with Crippen LogP contribution in [0.1, 0.15) is 19.4 Å². The van der Waals surface area contributed by atoms with Crippen LogP contribution in [-0.4, -0.2) is 14.5 Å². The molecule has 0 saturated heterocycles. The van der Waals surface area contributed by atoms with E-state index in [0.717, 1.165) is 0 Å². The molecule has 0 unspecified atom stereocenters. The van der Waals surface area contributed by atoms with E-state index in [0.29, 0.717) is 11.3 Å². The highest BCUT2D eigenvalue weighted by molar-refractivity contribution is 7.86. The molecular formula is C10H13FO3S.